The van der Waals surface area contributed by atoms with E-state index in [1.165, 1.54) is 35.5 Å². The van der Waals surface area contributed by atoms with Crippen LogP contribution in [-0.4, -0.2) is 56.5 Å². The van der Waals surface area contributed by atoms with Gasteiger partial charge in [0.2, 0.25) is 11.6 Å². The maximum absolute atomic E-state index is 13.4. The summed E-state index contributed by atoms with van der Waals surface area (Å²) in [6.45, 7) is 0.208. The number of nitrogens with zero attached hydrogens (tertiary/aromatic N) is 4. The molecule has 1 saturated heterocycles. The summed E-state index contributed by atoms with van der Waals surface area (Å²) >= 11 is 2.27. The molecule has 2 aliphatic heterocycles. The molecular formula is C28H21N6NaO8S2. The van der Waals surface area contributed by atoms with Crippen LogP contribution in [0.15, 0.2) is 87.2 Å². The largest absolute Gasteiger partial charge is 1.00 e. The van der Waals surface area contributed by atoms with Crippen LogP contribution in [0, 0.1) is 0 Å². The SMILES string of the molecule is Nc1nc(/C(=N/OC(C(=O)[O-])c2ccco2)C(=O)N[C@@H]2C(=O)N3C(C(=O)[O-])=C(C[n+]4cccc5ccccc54)CS[C@@H]23)cs1.[Na+]. The third kappa shape index (κ3) is 6.32. The summed E-state index contributed by atoms with van der Waals surface area (Å²) in [4.78, 5) is 60.8. The molecule has 17 heteroatoms. The molecule has 0 radical (unpaired) electrons. The molecular weight excluding hydrogens is 635 g/mol. The minimum atomic E-state index is -1.78. The van der Waals surface area contributed by atoms with Crippen molar-refractivity contribution < 1.29 is 72.8 Å². The van der Waals surface area contributed by atoms with Crippen molar-refractivity contribution in [2.75, 3.05) is 11.5 Å². The van der Waals surface area contributed by atoms with Crippen molar-refractivity contribution in [3.8, 4) is 0 Å². The van der Waals surface area contributed by atoms with E-state index in [1.807, 2.05) is 47.2 Å². The second-order valence-electron chi connectivity index (χ2n) is 9.63. The number of rotatable bonds is 10. The van der Waals surface area contributed by atoms with E-state index in [1.54, 1.807) is 0 Å². The first-order valence-corrected chi connectivity index (χ1v) is 14.9. The van der Waals surface area contributed by atoms with E-state index >= 15 is 0 Å². The molecule has 0 saturated carbocycles. The molecule has 0 bridgehead atoms. The van der Waals surface area contributed by atoms with Crippen LogP contribution >= 0.6 is 23.1 Å². The van der Waals surface area contributed by atoms with Gasteiger partial charge in [0, 0.05) is 34.2 Å². The minimum absolute atomic E-state index is 0. The van der Waals surface area contributed by atoms with Crippen molar-refractivity contribution >= 4 is 68.6 Å². The molecule has 6 rings (SSSR count). The summed E-state index contributed by atoms with van der Waals surface area (Å²) in [5.41, 5.74) is 6.33. The van der Waals surface area contributed by atoms with Gasteiger partial charge in [-0.25, -0.2) is 4.98 Å². The number of anilines is 1. The number of amides is 2. The molecule has 1 aromatic carbocycles. The zero-order valence-corrected chi connectivity index (χ0v) is 27.1. The number of aliphatic carboxylic acids is 2. The number of nitrogens with one attached hydrogen (secondary N) is 1. The Morgan fingerprint density at radius 3 is 2.67 bits per heavy atom. The first-order chi connectivity index (χ1) is 21.2. The monoisotopic (exact) mass is 656 g/mol. The summed E-state index contributed by atoms with van der Waals surface area (Å²) < 4.78 is 6.95. The quantitative estimate of drug-likeness (QED) is 0.0554. The van der Waals surface area contributed by atoms with Crippen LogP contribution in [0.4, 0.5) is 5.13 Å². The van der Waals surface area contributed by atoms with Gasteiger partial charge >= 0.3 is 29.6 Å². The molecule has 14 nitrogen and oxygen atoms in total. The Labute approximate surface area is 284 Å². The fraction of sp³-hybridized carbons (Fsp3) is 0.179. The standard InChI is InChI=1S/C28H22N6O8S2.Na/c29-28-30-16(13-44-28)19(32-42-22(27(39)40)18-8-4-10-41-18)23(35)31-20-24(36)34-21(26(37)38)15(12-43-25(20)34)11-33-9-3-6-14-5-1-2-7-17(14)33;/h1-10,13,20,22,25H,11-12H2,(H4-,29,30,31,35,37,38,39,40);/q;+1/p-1/b32-19-;/t20-,22?,25+;/m1./s1. The maximum Gasteiger partial charge on any atom is 1.00 e. The van der Waals surface area contributed by atoms with Gasteiger partial charge in [-0.15, -0.1) is 23.1 Å². The number of aromatic nitrogens is 2. The number of nitrogens with two attached hydrogens (primary N) is 1. The first-order valence-electron chi connectivity index (χ1n) is 13.0. The van der Waals surface area contributed by atoms with Gasteiger partial charge in [-0.2, -0.15) is 4.57 Å². The Hall–Kier alpha value is -4.22. The summed E-state index contributed by atoms with van der Waals surface area (Å²) in [5.74, 6) is -4.66. The number of furan rings is 1. The molecule has 2 aliphatic rings. The number of carbonyl (C=O) groups excluding carboxylic acids is 4. The predicted octanol–water partition coefficient (Wildman–Crippen LogP) is -3.92. The van der Waals surface area contributed by atoms with E-state index in [9.17, 15) is 29.4 Å². The van der Waals surface area contributed by atoms with Crippen molar-refractivity contribution in [3.63, 3.8) is 0 Å². The van der Waals surface area contributed by atoms with Crippen molar-refractivity contribution in [2.24, 2.45) is 5.16 Å². The molecule has 3 atom stereocenters. The van der Waals surface area contributed by atoms with Crippen molar-refractivity contribution in [2.45, 2.75) is 24.1 Å². The zero-order valence-electron chi connectivity index (χ0n) is 23.4. The van der Waals surface area contributed by atoms with Crippen molar-refractivity contribution in [1.29, 1.82) is 0 Å². The maximum atomic E-state index is 13.4. The number of hydrogen-bond donors (Lipinski definition) is 2. The molecule has 224 valence electrons. The summed E-state index contributed by atoms with van der Waals surface area (Å²) in [6.07, 6.45) is 1.27. The second-order valence-corrected chi connectivity index (χ2v) is 11.6. The molecule has 1 unspecified atom stereocenters. The van der Waals surface area contributed by atoms with E-state index in [0.29, 0.717) is 5.57 Å². The Morgan fingerprint density at radius 1 is 1.20 bits per heavy atom. The summed E-state index contributed by atoms with van der Waals surface area (Å²) in [7, 11) is 0. The molecule has 3 aromatic heterocycles. The molecule has 2 amide bonds. The Bertz CT molecular complexity index is 1850. The molecule has 3 N–H and O–H groups in total. The number of carboxylic acids is 2. The number of benzene rings is 1. The van der Waals surface area contributed by atoms with Gasteiger partial charge in [0.15, 0.2) is 29.3 Å². The average Bonchev–Trinajstić information content (AvgIpc) is 3.70. The number of thiazole rings is 1. The molecule has 1 fully saturated rings. The number of fused-ring (bicyclic) bond motifs is 2. The van der Waals surface area contributed by atoms with E-state index < -0.39 is 47.0 Å². The Morgan fingerprint density at radius 2 is 1.98 bits per heavy atom. The smallest absolute Gasteiger partial charge is 0.545 e. The van der Waals surface area contributed by atoms with Crippen LogP contribution in [0.3, 0.4) is 0 Å². The number of carboxylic acid groups (broad SMARTS) is 2. The number of oxime groups is 1. The van der Waals surface area contributed by atoms with Crippen LogP contribution in [0.1, 0.15) is 17.6 Å². The van der Waals surface area contributed by atoms with E-state index in [4.69, 9.17) is 15.0 Å². The van der Waals surface area contributed by atoms with Crippen LogP contribution in [0.5, 0.6) is 0 Å². The number of para-hydroxylation sites is 1. The van der Waals surface area contributed by atoms with E-state index in [-0.39, 0.29) is 64.1 Å². The Balaban J connectivity index is 0.00000400. The van der Waals surface area contributed by atoms with Gasteiger partial charge in [-0.05, 0) is 24.3 Å². The average molecular weight is 657 g/mol. The van der Waals surface area contributed by atoms with Gasteiger partial charge < -0.3 is 40.1 Å². The van der Waals surface area contributed by atoms with Gasteiger partial charge in [0.1, 0.15) is 17.1 Å². The van der Waals surface area contributed by atoms with Gasteiger partial charge in [0.05, 0.1) is 23.9 Å². The fourth-order valence-corrected chi connectivity index (χ4v) is 6.81. The van der Waals surface area contributed by atoms with Crippen LogP contribution in [0.2, 0.25) is 0 Å². The number of hydrogen-bond acceptors (Lipinski definition) is 13. The molecule has 5 heterocycles. The van der Waals surface area contributed by atoms with Crippen molar-refractivity contribution in [3.05, 3.63) is 89.1 Å². The number of thioether (sulfide) groups is 1. The Kier molecular flexibility index (Phi) is 9.59. The van der Waals surface area contributed by atoms with E-state index in [0.717, 1.165) is 27.1 Å². The minimum Gasteiger partial charge on any atom is -0.545 e. The number of nitrogen functional groups attached to an aromatic ring is 1. The molecule has 4 aromatic rings. The predicted molar refractivity (Wildman–Crippen MR) is 152 cm³/mol. The molecule has 0 spiro atoms. The van der Waals surface area contributed by atoms with Gasteiger partial charge in [-0.1, -0.05) is 17.3 Å². The van der Waals surface area contributed by atoms with Crippen LogP contribution < -0.4 is 55.4 Å². The van der Waals surface area contributed by atoms with Crippen LogP contribution in [0.25, 0.3) is 10.9 Å². The molecule has 0 aliphatic carbocycles. The van der Waals surface area contributed by atoms with Gasteiger partial charge in [-0.3, -0.25) is 14.5 Å². The number of carbonyl (C=O) groups is 4. The third-order valence-electron chi connectivity index (χ3n) is 6.92. The zero-order chi connectivity index (χ0) is 31.0. The third-order valence-corrected chi connectivity index (χ3v) is 8.93. The number of pyridine rings is 1. The topological polar surface area (TPSA) is 207 Å². The fourth-order valence-electron chi connectivity index (χ4n) is 4.93. The number of β-lactam (4-membered cyclic amide) rings is 1. The van der Waals surface area contributed by atoms with Crippen LogP contribution in [-0.2, 0) is 30.6 Å². The van der Waals surface area contributed by atoms with E-state index in [2.05, 4.69) is 15.5 Å². The molecule has 45 heavy (non-hydrogen) atoms. The summed E-state index contributed by atoms with van der Waals surface area (Å²) in [5, 5.41) is 31.9. The first kappa shape index (κ1) is 32.2. The normalized spacial score (nSPS) is 18.4. The second kappa shape index (κ2) is 13.4. The summed E-state index contributed by atoms with van der Waals surface area (Å²) in [6, 6.07) is 13.1. The van der Waals surface area contributed by atoms with Crippen molar-refractivity contribution in [1.82, 2.24) is 15.2 Å². The van der Waals surface area contributed by atoms with Gasteiger partial charge in [0.25, 0.3) is 11.8 Å².